The van der Waals surface area contributed by atoms with Crippen molar-refractivity contribution >= 4 is 33.5 Å². The summed E-state index contributed by atoms with van der Waals surface area (Å²) >= 11 is 2.45. The second kappa shape index (κ2) is 7.85. The highest BCUT2D eigenvalue weighted by Crippen LogP contribution is 2.17. The van der Waals surface area contributed by atoms with Gasteiger partial charge in [-0.25, -0.2) is 0 Å². The molecule has 0 aliphatic carbocycles. The Morgan fingerprint density at radius 1 is 1.16 bits per heavy atom. The van der Waals surface area contributed by atoms with Crippen LogP contribution >= 0.6 is 22.6 Å². The van der Waals surface area contributed by atoms with E-state index in [1.54, 1.807) is 0 Å². The van der Waals surface area contributed by atoms with E-state index < -0.39 is 0 Å². The second-order valence-corrected chi connectivity index (χ2v) is 5.95. The standard InChI is InChI=1S/C15H22IN3/c1-19-15-9-5-4-8-13(15)14(18-19)12-17-11-7-3-2-6-10-16/h4-5,8-9,17H,2-3,6-7,10-12H2,1H3. The SMILES string of the molecule is Cn1nc(CNCCCCCCI)c2ccccc21. The average molecular weight is 371 g/mol. The summed E-state index contributed by atoms with van der Waals surface area (Å²) in [5.41, 5.74) is 2.37. The molecule has 0 saturated carbocycles. The highest BCUT2D eigenvalue weighted by Gasteiger charge is 2.06. The number of aromatic nitrogens is 2. The Morgan fingerprint density at radius 2 is 1.95 bits per heavy atom. The van der Waals surface area contributed by atoms with Crippen LogP contribution in [0.1, 0.15) is 31.4 Å². The van der Waals surface area contributed by atoms with Gasteiger partial charge in [-0.05, 0) is 29.9 Å². The molecule has 4 heteroatoms. The number of nitrogens with one attached hydrogen (secondary N) is 1. The van der Waals surface area contributed by atoms with E-state index in [1.807, 2.05) is 11.7 Å². The fraction of sp³-hybridized carbons (Fsp3) is 0.533. The molecule has 104 valence electrons. The lowest BCUT2D eigenvalue weighted by atomic mass is 10.2. The van der Waals surface area contributed by atoms with Crippen molar-refractivity contribution in [3.05, 3.63) is 30.0 Å². The number of para-hydroxylation sites is 1. The molecule has 0 saturated heterocycles. The number of alkyl halides is 1. The molecule has 2 aromatic rings. The van der Waals surface area contributed by atoms with E-state index in [2.05, 4.69) is 57.3 Å². The Hall–Kier alpha value is -0.620. The Balaban J connectivity index is 1.79. The lowest BCUT2D eigenvalue weighted by Gasteiger charge is -2.02. The number of rotatable bonds is 8. The first-order valence-corrected chi connectivity index (χ1v) is 8.53. The van der Waals surface area contributed by atoms with Gasteiger partial charge >= 0.3 is 0 Å². The van der Waals surface area contributed by atoms with Crippen molar-refractivity contribution in [1.29, 1.82) is 0 Å². The molecule has 2 rings (SSSR count). The van der Waals surface area contributed by atoms with E-state index in [4.69, 9.17) is 0 Å². The van der Waals surface area contributed by atoms with Gasteiger partial charge in [0.2, 0.25) is 0 Å². The van der Waals surface area contributed by atoms with Crippen LogP contribution in [0.5, 0.6) is 0 Å². The minimum atomic E-state index is 0.869. The highest BCUT2D eigenvalue weighted by molar-refractivity contribution is 14.1. The van der Waals surface area contributed by atoms with Crippen molar-refractivity contribution in [2.75, 3.05) is 11.0 Å². The van der Waals surface area contributed by atoms with Crippen molar-refractivity contribution in [1.82, 2.24) is 15.1 Å². The number of fused-ring (bicyclic) bond motifs is 1. The molecule has 0 aliphatic rings. The molecule has 19 heavy (non-hydrogen) atoms. The molecule has 1 heterocycles. The van der Waals surface area contributed by atoms with Crippen LogP contribution < -0.4 is 5.32 Å². The predicted molar refractivity (Wildman–Crippen MR) is 89.8 cm³/mol. The molecule has 0 unspecified atom stereocenters. The first-order valence-electron chi connectivity index (χ1n) is 7.00. The zero-order valence-corrected chi connectivity index (χ0v) is 13.7. The topological polar surface area (TPSA) is 29.9 Å². The summed E-state index contributed by atoms with van der Waals surface area (Å²) in [6, 6.07) is 8.42. The summed E-state index contributed by atoms with van der Waals surface area (Å²) in [7, 11) is 2.01. The zero-order valence-electron chi connectivity index (χ0n) is 11.5. The lowest BCUT2D eigenvalue weighted by molar-refractivity contribution is 0.592. The maximum Gasteiger partial charge on any atom is 0.0841 e. The lowest BCUT2D eigenvalue weighted by Crippen LogP contribution is -2.15. The summed E-state index contributed by atoms with van der Waals surface area (Å²) in [6.07, 6.45) is 5.31. The van der Waals surface area contributed by atoms with Gasteiger partial charge in [0.1, 0.15) is 0 Å². The molecule has 0 aliphatic heterocycles. The fourth-order valence-corrected chi connectivity index (χ4v) is 2.86. The van der Waals surface area contributed by atoms with Crippen LogP contribution in [-0.2, 0) is 13.6 Å². The van der Waals surface area contributed by atoms with Crippen LogP contribution in [-0.4, -0.2) is 20.8 Å². The van der Waals surface area contributed by atoms with Crippen LogP contribution in [0.2, 0.25) is 0 Å². The normalized spacial score (nSPS) is 11.3. The van der Waals surface area contributed by atoms with Gasteiger partial charge in [0.05, 0.1) is 11.2 Å². The van der Waals surface area contributed by atoms with Crippen molar-refractivity contribution in [2.45, 2.75) is 32.2 Å². The second-order valence-electron chi connectivity index (χ2n) is 4.87. The van der Waals surface area contributed by atoms with E-state index in [0.29, 0.717) is 0 Å². The number of unbranched alkanes of at least 4 members (excludes halogenated alkanes) is 3. The molecule has 1 N–H and O–H groups in total. The molecule has 0 amide bonds. The van der Waals surface area contributed by atoms with Crippen LogP contribution in [0.25, 0.3) is 10.9 Å². The van der Waals surface area contributed by atoms with Crippen LogP contribution in [0.15, 0.2) is 24.3 Å². The molecule has 3 nitrogen and oxygen atoms in total. The molecular formula is C15H22IN3. The van der Waals surface area contributed by atoms with Gasteiger partial charge in [-0.3, -0.25) is 4.68 Å². The van der Waals surface area contributed by atoms with E-state index in [1.165, 1.54) is 41.0 Å². The van der Waals surface area contributed by atoms with E-state index in [0.717, 1.165) is 18.8 Å². The maximum atomic E-state index is 4.59. The number of nitrogens with zero attached hydrogens (tertiary/aromatic N) is 2. The number of benzene rings is 1. The summed E-state index contributed by atoms with van der Waals surface area (Å²) in [6.45, 7) is 1.96. The van der Waals surface area contributed by atoms with Gasteiger partial charge < -0.3 is 5.32 Å². The molecule has 0 spiro atoms. The third kappa shape index (κ3) is 4.18. The van der Waals surface area contributed by atoms with Crippen LogP contribution in [0.4, 0.5) is 0 Å². The average Bonchev–Trinajstić information content (AvgIpc) is 2.75. The maximum absolute atomic E-state index is 4.59. The van der Waals surface area contributed by atoms with Crippen molar-refractivity contribution in [2.24, 2.45) is 7.05 Å². The molecule has 1 aromatic heterocycles. The predicted octanol–water partition coefficient (Wildman–Crippen LogP) is 3.66. The third-order valence-corrected chi connectivity index (χ3v) is 4.13. The Morgan fingerprint density at radius 3 is 2.79 bits per heavy atom. The molecule has 0 atom stereocenters. The molecule has 1 aromatic carbocycles. The number of aryl methyl sites for hydroxylation is 1. The summed E-state index contributed by atoms with van der Waals surface area (Å²) in [4.78, 5) is 0. The van der Waals surface area contributed by atoms with E-state index >= 15 is 0 Å². The molecule has 0 fully saturated rings. The van der Waals surface area contributed by atoms with Crippen molar-refractivity contribution in [3.63, 3.8) is 0 Å². The van der Waals surface area contributed by atoms with E-state index in [-0.39, 0.29) is 0 Å². The number of halogens is 1. The number of hydrogen-bond donors (Lipinski definition) is 1. The summed E-state index contributed by atoms with van der Waals surface area (Å²) in [5, 5.41) is 9.36. The van der Waals surface area contributed by atoms with Crippen LogP contribution in [0.3, 0.4) is 0 Å². The van der Waals surface area contributed by atoms with Crippen LogP contribution in [0, 0.1) is 0 Å². The van der Waals surface area contributed by atoms with Gasteiger partial charge in [-0.1, -0.05) is 53.6 Å². The van der Waals surface area contributed by atoms with Gasteiger partial charge in [0.15, 0.2) is 0 Å². The number of hydrogen-bond acceptors (Lipinski definition) is 2. The minimum absolute atomic E-state index is 0.869. The van der Waals surface area contributed by atoms with Gasteiger partial charge in [-0.15, -0.1) is 0 Å². The summed E-state index contributed by atoms with van der Waals surface area (Å²) in [5.74, 6) is 0. The van der Waals surface area contributed by atoms with Gasteiger partial charge in [-0.2, -0.15) is 5.10 Å². The van der Waals surface area contributed by atoms with Gasteiger partial charge in [0.25, 0.3) is 0 Å². The molecule has 0 radical (unpaired) electrons. The van der Waals surface area contributed by atoms with E-state index in [9.17, 15) is 0 Å². The summed E-state index contributed by atoms with van der Waals surface area (Å²) < 4.78 is 3.25. The Kier molecular flexibility index (Phi) is 6.10. The Labute approximate surface area is 128 Å². The molecular weight excluding hydrogens is 349 g/mol. The Bertz CT molecular complexity index is 507. The molecule has 0 bridgehead atoms. The minimum Gasteiger partial charge on any atom is -0.311 e. The smallest absolute Gasteiger partial charge is 0.0841 e. The third-order valence-electron chi connectivity index (χ3n) is 3.36. The zero-order chi connectivity index (χ0) is 13.5. The first kappa shape index (κ1) is 14.8. The monoisotopic (exact) mass is 371 g/mol. The van der Waals surface area contributed by atoms with Gasteiger partial charge in [0, 0.05) is 19.0 Å². The highest BCUT2D eigenvalue weighted by atomic mass is 127. The largest absolute Gasteiger partial charge is 0.311 e. The quantitative estimate of drug-likeness (QED) is 0.436. The first-order chi connectivity index (χ1) is 9.33. The fourth-order valence-electron chi connectivity index (χ4n) is 2.32. The van der Waals surface area contributed by atoms with Crippen molar-refractivity contribution in [3.8, 4) is 0 Å². The van der Waals surface area contributed by atoms with Crippen molar-refractivity contribution < 1.29 is 0 Å².